The first-order valence-electron chi connectivity index (χ1n) is 6.35. The van der Waals surface area contributed by atoms with E-state index in [1.807, 2.05) is 0 Å². The Morgan fingerprint density at radius 2 is 1.93 bits per heavy atom. The van der Waals surface area contributed by atoms with E-state index in [2.05, 4.69) is 6.08 Å². The van der Waals surface area contributed by atoms with Gasteiger partial charge in [-0.05, 0) is 56.9 Å². The van der Waals surface area contributed by atoms with Crippen molar-refractivity contribution in [1.82, 2.24) is 0 Å². The molecule has 2 rings (SSSR count). The van der Waals surface area contributed by atoms with E-state index in [0.717, 1.165) is 31.3 Å². The summed E-state index contributed by atoms with van der Waals surface area (Å²) >= 11 is 0. The van der Waals surface area contributed by atoms with Gasteiger partial charge in [0.2, 0.25) is 0 Å². The number of rotatable bonds is 1. The monoisotopic (exact) mass is 211 g/mol. The molecule has 1 nitrogen and oxygen atoms in total. The molecular weight excluding hydrogens is 189 g/mol. The quantitative estimate of drug-likeness (QED) is 0.660. The molecule has 2 aliphatic rings. The summed E-state index contributed by atoms with van der Waals surface area (Å²) in [7, 11) is 0. The summed E-state index contributed by atoms with van der Waals surface area (Å²) in [5.74, 6) is 0. The van der Waals surface area contributed by atoms with Crippen molar-refractivity contribution >= 4 is 0 Å². The fourth-order valence-electron chi connectivity index (χ4n) is 2.84. The van der Waals surface area contributed by atoms with Gasteiger partial charge in [-0.15, -0.1) is 0 Å². The van der Waals surface area contributed by atoms with Crippen molar-refractivity contribution in [2.75, 3.05) is 0 Å². The van der Waals surface area contributed by atoms with Crippen molar-refractivity contribution in [3.63, 3.8) is 0 Å². The minimum absolute atomic E-state index is 0.236. The van der Waals surface area contributed by atoms with Crippen LogP contribution in [0.2, 0.25) is 0 Å². The predicted molar refractivity (Wildman–Crippen MR) is 61.5 cm³/mol. The average molecular weight is 211 g/mol. The molecule has 86 valence electrons. The molecule has 15 heavy (non-hydrogen) atoms. The zero-order chi connectivity index (χ0) is 10.7. The molecule has 0 atom stereocenters. The second-order valence-corrected chi connectivity index (χ2v) is 5.13. The molecule has 2 N–H and O–H groups in total. The van der Waals surface area contributed by atoms with Crippen molar-refractivity contribution in [3.8, 4) is 0 Å². The van der Waals surface area contributed by atoms with Crippen molar-refractivity contribution in [2.24, 2.45) is 5.73 Å². The standard InChI is InChI=1S/C13H22FN/c14-13(9-7-12(15)8-10-13)11-5-3-1-2-4-6-11/h5,12H,1-4,6-10,15H2. The summed E-state index contributed by atoms with van der Waals surface area (Å²) < 4.78 is 14.7. The lowest BCUT2D eigenvalue weighted by Crippen LogP contribution is -2.37. The number of halogens is 1. The summed E-state index contributed by atoms with van der Waals surface area (Å²) in [5.41, 5.74) is 5.92. The second-order valence-electron chi connectivity index (χ2n) is 5.13. The van der Waals surface area contributed by atoms with Gasteiger partial charge in [-0.2, -0.15) is 0 Å². The van der Waals surface area contributed by atoms with Gasteiger partial charge in [0.25, 0.3) is 0 Å². The van der Waals surface area contributed by atoms with Crippen molar-refractivity contribution in [3.05, 3.63) is 11.6 Å². The van der Waals surface area contributed by atoms with Crippen LogP contribution in [0.1, 0.15) is 57.8 Å². The molecule has 0 radical (unpaired) electrons. The highest BCUT2D eigenvalue weighted by atomic mass is 19.1. The molecule has 0 heterocycles. The molecule has 0 aromatic heterocycles. The van der Waals surface area contributed by atoms with E-state index in [-0.39, 0.29) is 6.04 Å². The maximum atomic E-state index is 14.7. The maximum absolute atomic E-state index is 14.7. The summed E-state index contributed by atoms with van der Waals surface area (Å²) in [6, 6.07) is 0.236. The molecule has 2 aliphatic carbocycles. The minimum atomic E-state index is -1.000. The molecule has 1 fully saturated rings. The number of hydrogen-bond donors (Lipinski definition) is 1. The van der Waals surface area contributed by atoms with Crippen LogP contribution in [0.5, 0.6) is 0 Å². The molecule has 0 spiro atoms. The van der Waals surface area contributed by atoms with E-state index in [1.165, 1.54) is 19.3 Å². The third kappa shape index (κ3) is 2.60. The molecule has 1 saturated carbocycles. The molecule has 0 aromatic rings. The Labute approximate surface area is 91.9 Å². The molecule has 2 heteroatoms. The van der Waals surface area contributed by atoms with E-state index in [1.54, 1.807) is 0 Å². The van der Waals surface area contributed by atoms with Crippen LogP contribution in [0.4, 0.5) is 4.39 Å². The summed E-state index contributed by atoms with van der Waals surface area (Å²) in [4.78, 5) is 0. The number of hydrogen-bond acceptors (Lipinski definition) is 1. The Kier molecular flexibility index (Phi) is 3.45. The Hall–Kier alpha value is -0.370. The topological polar surface area (TPSA) is 26.0 Å². The van der Waals surface area contributed by atoms with E-state index in [4.69, 9.17) is 5.73 Å². The van der Waals surface area contributed by atoms with E-state index >= 15 is 0 Å². The van der Waals surface area contributed by atoms with Crippen LogP contribution in [-0.4, -0.2) is 11.7 Å². The predicted octanol–water partition coefficient (Wildman–Crippen LogP) is 3.49. The second kappa shape index (κ2) is 4.65. The first-order valence-corrected chi connectivity index (χ1v) is 6.35. The van der Waals surface area contributed by atoms with Gasteiger partial charge in [0, 0.05) is 6.04 Å². The molecule has 0 bridgehead atoms. The summed E-state index contributed by atoms with van der Waals surface area (Å²) in [6.45, 7) is 0. The van der Waals surface area contributed by atoms with Crippen LogP contribution in [0.15, 0.2) is 11.6 Å². The molecular formula is C13H22FN. The lowest BCUT2D eigenvalue weighted by atomic mass is 9.77. The van der Waals surface area contributed by atoms with Crippen LogP contribution < -0.4 is 5.73 Å². The first-order chi connectivity index (χ1) is 7.21. The van der Waals surface area contributed by atoms with Crippen LogP contribution in [-0.2, 0) is 0 Å². The van der Waals surface area contributed by atoms with Crippen LogP contribution in [0.25, 0.3) is 0 Å². The largest absolute Gasteiger partial charge is 0.328 e. The SMILES string of the molecule is NC1CCC(F)(C2=CCCCCC2)CC1. The molecule has 0 aliphatic heterocycles. The average Bonchev–Trinajstić information content (AvgIpc) is 2.51. The van der Waals surface area contributed by atoms with Gasteiger partial charge in [-0.25, -0.2) is 4.39 Å². The number of alkyl halides is 1. The van der Waals surface area contributed by atoms with Crippen LogP contribution >= 0.6 is 0 Å². The van der Waals surface area contributed by atoms with Crippen LogP contribution in [0.3, 0.4) is 0 Å². The summed E-state index contributed by atoms with van der Waals surface area (Å²) in [6.07, 6.45) is 10.9. The van der Waals surface area contributed by atoms with Gasteiger partial charge in [-0.3, -0.25) is 0 Å². The van der Waals surface area contributed by atoms with Gasteiger partial charge < -0.3 is 5.73 Å². The Balaban J connectivity index is 2.03. The van der Waals surface area contributed by atoms with Gasteiger partial charge in [0.15, 0.2) is 0 Å². The van der Waals surface area contributed by atoms with Gasteiger partial charge >= 0.3 is 0 Å². The van der Waals surface area contributed by atoms with Gasteiger partial charge in [0.1, 0.15) is 5.67 Å². The normalized spacial score (nSPS) is 38.3. The Bertz CT molecular complexity index is 239. The molecule has 0 unspecified atom stereocenters. The highest BCUT2D eigenvalue weighted by molar-refractivity contribution is 5.19. The zero-order valence-corrected chi connectivity index (χ0v) is 9.47. The highest BCUT2D eigenvalue weighted by Gasteiger charge is 2.37. The fraction of sp³-hybridized carbons (Fsp3) is 0.846. The van der Waals surface area contributed by atoms with E-state index < -0.39 is 5.67 Å². The van der Waals surface area contributed by atoms with E-state index in [9.17, 15) is 4.39 Å². The molecule has 0 aromatic carbocycles. The van der Waals surface area contributed by atoms with Gasteiger partial charge in [0.05, 0.1) is 0 Å². The van der Waals surface area contributed by atoms with Gasteiger partial charge in [-0.1, -0.05) is 12.5 Å². The van der Waals surface area contributed by atoms with Crippen LogP contribution in [0, 0.1) is 0 Å². The minimum Gasteiger partial charge on any atom is -0.328 e. The lowest BCUT2D eigenvalue weighted by molar-refractivity contribution is 0.135. The Morgan fingerprint density at radius 1 is 1.20 bits per heavy atom. The number of allylic oxidation sites excluding steroid dienone is 2. The van der Waals surface area contributed by atoms with Crippen molar-refractivity contribution in [2.45, 2.75) is 69.5 Å². The highest BCUT2D eigenvalue weighted by Crippen LogP contribution is 2.40. The first kappa shape index (κ1) is 11.1. The van der Waals surface area contributed by atoms with E-state index in [0.29, 0.717) is 12.8 Å². The third-order valence-electron chi connectivity index (χ3n) is 3.94. The third-order valence-corrected chi connectivity index (χ3v) is 3.94. The van der Waals surface area contributed by atoms with Crippen molar-refractivity contribution < 1.29 is 4.39 Å². The maximum Gasteiger partial charge on any atom is 0.132 e. The van der Waals surface area contributed by atoms with Crippen molar-refractivity contribution in [1.29, 1.82) is 0 Å². The summed E-state index contributed by atoms with van der Waals surface area (Å²) in [5, 5.41) is 0. The lowest BCUT2D eigenvalue weighted by Gasteiger charge is -2.34. The zero-order valence-electron chi connectivity index (χ0n) is 9.47. The molecule has 0 amide bonds. The Morgan fingerprint density at radius 3 is 2.67 bits per heavy atom. The smallest absolute Gasteiger partial charge is 0.132 e. The fourth-order valence-corrected chi connectivity index (χ4v) is 2.84. The number of nitrogens with two attached hydrogens (primary N) is 1. The molecule has 0 saturated heterocycles.